The van der Waals surface area contributed by atoms with E-state index in [0.717, 1.165) is 28.1 Å². The first kappa shape index (κ1) is 21.5. The molecular formula is C36H22N4. The van der Waals surface area contributed by atoms with Crippen molar-refractivity contribution in [1.82, 2.24) is 18.9 Å². The molecule has 0 unspecified atom stereocenters. The van der Waals surface area contributed by atoms with Gasteiger partial charge in [-0.15, -0.1) is 0 Å². The quantitative estimate of drug-likeness (QED) is 0.218. The fourth-order valence-corrected chi connectivity index (χ4v) is 6.52. The number of benzene rings is 4. The Kier molecular flexibility index (Phi) is 4.30. The van der Waals surface area contributed by atoms with Gasteiger partial charge < -0.3 is 4.40 Å². The lowest BCUT2D eigenvalue weighted by molar-refractivity contribution is 1.08. The van der Waals surface area contributed by atoms with E-state index in [4.69, 9.17) is 4.98 Å². The summed E-state index contributed by atoms with van der Waals surface area (Å²) >= 11 is 0. The van der Waals surface area contributed by atoms with Gasteiger partial charge in [-0.05, 0) is 54.6 Å². The number of rotatable bonds is 2. The minimum absolute atomic E-state index is 0.902. The third kappa shape index (κ3) is 2.85. The van der Waals surface area contributed by atoms with Crippen LogP contribution >= 0.6 is 0 Å². The SMILES string of the molecule is c1cc(-c2ccncc2)nc(-n2c3ccccc3c3c4c5ccccc5n5c6ccccc6cc5c4ccc32)c1. The predicted molar refractivity (Wildman–Crippen MR) is 165 cm³/mol. The zero-order valence-corrected chi connectivity index (χ0v) is 21.5. The highest BCUT2D eigenvalue weighted by Crippen LogP contribution is 2.42. The van der Waals surface area contributed by atoms with Crippen LogP contribution in [0.25, 0.3) is 77.0 Å². The first-order chi connectivity index (χ1) is 19.9. The molecule has 0 fully saturated rings. The molecule has 0 saturated carbocycles. The molecule has 5 aromatic heterocycles. The summed E-state index contributed by atoms with van der Waals surface area (Å²) in [6.45, 7) is 0. The molecule has 9 aromatic rings. The molecule has 0 aliphatic rings. The van der Waals surface area contributed by atoms with Gasteiger partial charge in [0.05, 0.1) is 33.3 Å². The van der Waals surface area contributed by atoms with Crippen molar-refractivity contribution in [2.75, 3.05) is 0 Å². The van der Waals surface area contributed by atoms with Gasteiger partial charge in [0.2, 0.25) is 0 Å². The molecule has 0 N–H and O–H groups in total. The first-order valence-electron chi connectivity index (χ1n) is 13.5. The van der Waals surface area contributed by atoms with Crippen LogP contribution in [0.15, 0.2) is 134 Å². The summed E-state index contributed by atoms with van der Waals surface area (Å²) in [5.74, 6) is 0.902. The normalized spacial score (nSPS) is 12.0. The Balaban J connectivity index is 1.47. The maximum atomic E-state index is 5.14. The van der Waals surface area contributed by atoms with Crippen molar-refractivity contribution in [3.05, 3.63) is 134 Å². The monoisotopic (exact) mass is 510 g/mol. The summed E-state index contributed by atoms with van der Waals surface area (Å²) in [6, 6.07) is 43.3. The Labute approximate surface area is 229 Å². The molecule has 0 radical (unpaired) electrons. The van der Waals surface area contributed by atoms with E-state index in [0.29, 0.717) is 0 Å². The fraction of sp³-hybridized carbons (Fsp3) is 0. The molecule has 5 heterocycles. The smallest absolute Gasteiger partial charge is 0.138 e. The lowest BCUT2D eigenvalue weighted by Gasteiger charge is -2.12. The molecule has 0 aliphatic carbocycles. The number of para-hydroxylation sites is 3. The van der Waals surface area contributed by atoms with Crippen molar-refractivity contribution in [1.29, 1.82) is 0 Å². The molecule has 0 aliphatic heterocycles. The number of nitrogens with zero attached hydrogens (tertiary/aromatic N) is 4. The molecule has 40 heavy (non-hydrogen) atoms. The van der Waals surface area contributed by atoms with Crippen LogP contribution < -0.4 is 0 Å². The van der Waals surface area contributed by atoms with Gasteiger partial charge in [0.25, 0.3) is 0 Å². The van der Waals surface area contributed by atoms with Gasteiger partial charge in [0.15, 0.2) is 0 Å². The zero-order valence-electron chi connectivity index (χ0n) is 21.5. The Morgan fingerprint density at radius 3 is 2.02 bits per heavy atom. The van der Waals surface area contributed by atoms with Gasteiger partial charge >= 0.3 is 0 Å². The van der Waals surface area contributed by atoms with Crippen LogP contribution in [0.4, 0.5) is 0 Å². The van der Waals surface area contributed by atoms with Gasteiger partial charge in [-0.3, -0.25) is 9.55 Å². The third-order valence-electron chi connectivity index (χ3n) is 8.18. The number of aromatic nitrogens is 4. The molecule has 0 bridgehead atoms. The first-order valence-corrected chi connectivity index (χ1v) is 13.5. The van der Waals surface area contributed by atoms with Crippen molar-refractivity contribution in [2.45, 2.75) is 0 Å². The molecule has 0 atom stereocenters. The van der Waals surface area contributed by atoms with Gasteiger partial charge in [-0.25, -0.2) is 4.98 Å². The highest BCUT2D eigenvalue weighted by molar-refractivity contribution is 6.31. The van der Waals surface area contributed by atoms with Crippen LogP contribution in [0.1, 0.15) is 0 Å². The van der Waals surface area contributed by atoms with E-state index >= 15 is 0 Å². The minimum Gasteiger partial charge on any atom is -0.309 e. The summed E-state index contributed by atoms with van der Waals surface area (Å²) in [4.78, 5) is 9.32. The van der Waals surface area contributed by atoms with E-state index in [9.17, 15) is 0 Å². The van der Waals surface area contributed by atoms with Crippen molar-refractivity contribution >= 4 is 59.9 Å². The van der Waals surface area contributed by atoms with Crippen LogP contribution in [-0.2, 0) is 0 Å². The van der Waals surface area contributed by atoms with Gasteiger partial charge in [0.1, 0.15) is 5.82 Å². The Bertz CT molecular complexity index is 2430. The van der Waals surface area contributed by atoms with Crippen molar-refractivity contribution in [3.63, 3.8) is 0 Å². The summed E-state index contributed by atoms with van der Waals surface area (Å²) in [5.41, 5.74) is 7.96. The number of hydrogen-bond acceptors (Lipinski definition) is 2. The molecule has 0 saturated heterocycles. The molecular weight excluding hydrogens is 488 g/mol. The maximum Gasteiger partial charge on any atom is 0.138 e. The van der Waals surface area contributed by atoms with E-state index in [-0.39, 0.29) is 0 Å². The minimum atomic E-state index is 0.902. The van der Waals surface area contributed by atoms with Crippen molar-refractivity contribution in [3.8, 4) is 17.1 Å². The van der Waals surface area contributed by atoms with E-state index in [1.807, 2.05) is 24.5 Å². The van der Waals surface area contributed by atoms with Crippen LogP contribution in [-0.4, -0.2) is 18.9 Å². The molecule has 4 heteroatoms. The van der Waals surface area contributed by atoms with Crippen LogP contribution in [0.3, 0.4) is 0 Å². The van der Waals surface area contributed by atoms with Crippen LogP contribution in [0.2, 0.25) is 0 Å². The topological polar surface area (TPSA) is 35.1 Å². The lowest BCUT2D eigenvalue weighted by Crippen LogP contribution is -1.98. The fourth-order valence-electron chi connectivity index (χ4n) is 6.52. The number of pyridine rings is 3. The van der Waals surface area contributed by atoms with E-state index in [1.165, 1.54) is 48.9 Å². The second-order valence-corrected chi connectivity index (χ2v) is 10.3. The largest absolute Gasteiger partial charge is 0.309 e. The number of fused-ring (bicyclic) bond motifs is 12. The molecule has 0 spiro atoms. The van der Waals surface area contributed by atoms with Gasteiger partial charge in [0, 0.05) is 50.3 Å². The Hall–Kier alpha value is -5.48. The van der Waals surface area contributed by atoms with Gasteiger partial charge in [-0.2, -0.15) is 0 Å². The molecule has 4 nitrogen and oxygen atoms in total. The second kappa shape index (κ2) is 8.01. The predicted octanol–water partition coefficient (Wildman–Crippen LogP) is 8.95. The maximum absolute atomic E-state index is 5.14. The molecule has 9 rings (SSSR count). The van der Waals surface area contributed by atoms with Crippen molar-refractivity contribution in [2.24, 2.45) is 0 Å². The van der Waals surface area contributed by atoms with E-state index < -0.39 is 0 Å². The van der Waals surface area contributed by atoms with E-state index in [2.05, 4.69) is 123 Å². The average Bonchev–Trinajstić information content (AvgIpc) is 3.58. The summed E-state index contributed by atoms with van der Waals surface area (Å²) in [5, 5.41) is 7.52. The summed E-state index contributed by atoms with van der Waals surface area (Å²) in [6.07, 6.45) is 3.63. The standard InChI is InChI=1S/C36H22N4/c1-4-12-29-24(8-1)22-33-27-16-17-32-36(35(27)25-9-2-5-13-30(25)39(29)33)26-10-3-6-14-31(26)40(32)34-15-7-11-28(38-34)23-18-20-37-21-19-23/h1-22H. The lowest BCUT2D eigenvalue weighted by atomic mass is 9.99. The highest BCUT2D eigenvalue weighted by Gasteiger charge is 2.20. The number of hydrogen-bond donors (Lipinski definition) is 0. The third-order valence-corrected chi connectivity index (χ3v) is 8.18. The van der Waals surface area contributed by atoms with Crippen molar-refractivity contribution < 1.29 is 0 Å². The second-order valence-electron chi connectivity index (χ2n) is 10.3. The molecule has 0 amide bonds. The summed E-state index contributed by atoms with van der Waals surface area (Å²) in [7, 11) is 0. The zero-order chi connectivity index (χ0) is 26.2. The van der Waals surface area contributed by atoms with Gasteiger partial charge in [-0.1, -0.05) is 66.7 Å². The summed E-state index contributed by atoms with van der Waals surface area (Å²) < 4.78 is 4.72. The molecule has 4 aromatic carbocycles. The average molecular weight is 511 g/mol. The van der Waals surface area contributed by atoms with Crippen LogP contribution in [0.5, 0.6) is 0 Å². The molecule has 186 valence electrons. The Morgan fingerprint density at radius 2 is 1.18 bits per heavy atom. The highest BCUT2D eigenvalue weighted by atomic mass is 15.1. The van der Waals surface area contributed by atoms with Crippen LogP contribution in [0, 0.1) is 0 Å². The Morgan fingerprint density at radius 1 is 0.475 bits per heavy atom. The van der Waals surface area contributed by atoms with E-state index in [1.54, 1.807) is 0 Å².